The fraction of sp³-hybridized carbons (Fsp3) is 0.500. The molecule has 1 rings (SSSR count). The molecule has 0 aliphatic heterocycles. The van der Waals surface area contributed by atoms with Gasteiger partial charge in [0.2, 0.25) is 11.2 Å². The van der Waals surface area contributed by atoms with Gasteiger partial charge in [-0.15, -0.1) is 0 Å². The smallest absolute Gasteiger partial charge is 0.322 e. The topological polar surface area (TPSA) is 59.9 Å². The Balaban J connectivity index is 2.57. The first-order valence-electron chi connectivity index (χ1n) is 5.15. The summed E-state index contributed by atoms with van der Waals surface area (Å²) in [5.41, 5.74) is 0. The Bertz CT molecular complexity index is 357. The van der Waals surface area contributed by atoms with Crippen LogP contribution in [0.15, 0.2) is 12.2 Å². The molecule has 0 unspecified atom stereocenters. The fourth-order valence-electron chi connectivity index (χ4n) is 1.04. The molecular formula is C10H15ClN4O. The first kappa shape index (κ1) is 12.7. The molecule has 1 heterocycles. The molecule has 1 N–H and O–H groups in total. The van der Waals surface area contributed by atoms with Crippen molar-refractivity contribution in [2.24, 2.45) is 0 Å². The molecule has 0 aliphatic carbocycles. The molecule has 5 nitrogen and oxygen atoms in total. The van der Waals surface area contributed by atoms with E-state index in [9.17, 15) is 0 Å². The van der Waals surface area contributed by atoms with Crippen molar-refractivity contribution < 1.29 is 4.74 Å². The molecule has 0 amide bonds. The van der Waals surface area contributed by atoms with E-state index in [0.29, 0.717) is 12.6 Å². The maximum Gasteiger partial charge on any atom is 0.322 e. The van der Waals surface area contributed by atoms with E-state index in [2.05, 4.69) is 26.3 Å². The van der Waals surface area contributed by atoms with Gasteiger partial charge in [0, 0.05) is 6.54 Å². The molecule has 0 saturated heterocycles. The number of ether oxygens (including phenoxy) is 1. The monoisotopic (exact) mass is 242 g/mol. The van der Waals surface area contributed by atoms with Gasteiger partial charge in [0.1, 0.15) is 0 Å². The van der Waals surface area contributed by atoms with Gasteiger partial charge in [-0.25, -0.2) is 0 Å². The molecule has 0 fully saturated rings. The molecule has 0 aliphatic rings. The van der Waals surface area contributed by atoms with Crippen LogP contribution in [0.2, 0.25) is 5.28 Å². The van der Waals surface area contributed by atoms with Gasteiger partial charge in [0.25, 0.3) is 0 Å². The number of aromatic nitrogens is 3. The predicted molar refractivity (Wildman–Crippen MR) is 63.9 cm³/mol. The minimum absolute atomic E-state index is 0.131. The predicted octanol–water partition coefficient (Wildman–Crippen LogP) is 2.30. The molecule has 1 aromatic heterocycles. The van der Waals surface area contributed by atoms with Gasteiger partial charge in [-0.05, 0) is 31.9 Å². The van der Waals surface area contributed by atoms with Crippen LogP contribution in [-0.4, -0.2) is 28.1 Å². The van der Waals surface area contributed by atoms with Gasteiger partial charge in [-0.1, -0.05) is 12.2 Å². The van der Waals surface area contributed by atoms with E-state index in [1.54, 1.807) is 0 Å². The summed E-state index contributed by atoms with van der Waals surface area (Å²) < 4.78 is 5.15. The number of nitrogens with zero attached hydrogens (tertiary/aromatic N) is 3. The van der Waals surface area contributed by atoms with E-state index in [0.717, 1.165) is 13.0 Å². The van der Waals surface area contributed by atoms with Gasteiger partial charge in [-0.3, -0.25) is 0 Å². The summed E-state index contributed by atoms with van der Waals surface area (Å²) in [6, 6.07) is 0.246. The fourth-order valence-corrected chi connectivity index (χ4v) is 1.19. The van der Waals surface area contributed by atoms with Crippen molar-refractivity contribution in [3.8, 4) is 6.01 Å². The van der Waals surface area contributed by atoms with E-state index in [4.69, 9.17) is 16.3 Å². The first-order valence-corrected chi connectivity index (χ1v) is 5.53. The summed E-state index contributed by atoms with van der Waals surface area (Å²) in [6.07, 6.45) is 4.96. The lowest BCUT2D eigenvalue weighted by atomic mass is 10.4. The van der Waals surface area contributed by atoms with Crippen molar-refractivity contribution >= 4 is 17.5 Å². The van der Waals surface area contributed by atoms with Crippen molar-refractivity contribution in [2.45, 2.75) is 20.3 Å². The van der Waals surface area contributed by atoms with Crippen LogP contribution in [0.1, 0.15) is 20.3 Å². The molecule has 0 atom stereocenters. The first-order chi connectivity index (χ1) is 7.76. The Morgan fingerprint density at radius 3 is 2.88 bits per heavy atom. The highest BCUT2D eigenvalue weighted by molar-refractivity contribution is 6.28. The molecule has 1 aromatic rings. The molecule has 16 heavy (non-hydrogen) atoms. The highest BCUT2D eigenvalue weighted by Crippen LogP contribution is 2.11. The maximum atomic E-state index is 5.73. The number of hydrogen-bond acceptors (Lipinski definition) is 5. The SMILES string of the molecule is C/C=C/CCNc1nc(Cl)nc(OCC)n1. The third-order valence-electron chi connectivity index (χ3n) is 1.69. The Morgan fingerprint density at radius 1 is 1.38 bits per heavy atom. The third-order valence-corrected chi connectivity index (χ3v) is 1.86. The number of hydrogen-bond donors (Lipinski definition) is 1. The minimum atomic E-state index is 0.131. The summed E-state index contributed by atoms with van der Waals surface area (Å²) >= 11 is 5.73. The van der Waals surface area contributed by atoms with E-state index in [-0.39, 0.29) is 11.3 Å². The average Bonchev–Trinajstić information content (AvgIpc) is 2.24. The number of rotatable bonds is 6. The van der Waals surface area contributed by atoms with Crippen LogP contribution < -0.4 is 10.1 Å². The normalized spacial score (nSPS) is 10.7. The summed E-state index contributed by atoms with van der Waals surface area (Å²) in [4.78, 5) is 11.8. The maximum absolute atomic E-state index is 5.73. The second kappa shape index (κ2) is 7.00. The van der Waals surface area contributed by atoms with Crippen LogP contribution in [-0.2, 0) is 0 Å². The zero-order valence-electron chi connectivity index (χ0n) is 9.40. The molecule has 0 aromatic carbocycles. The molecular weight excluding hydrogens is 228 g/mol. The van der Waals surface area contributed by atoms with Gasteiger partial charge in [0.15, 0.2) is 0 Å². The molecule has 6 heteroatoms. The Labute approximate surface area is 99.9 Å². The van der Waals surface area contributed by atoms with Gasteiger partial charge in [0.05, 0.1) is 6.61 Å². The molecule has 0 spiro atoms. The van der Waals surface area contributed by atoms with Crippen molar-refractivity contribution in [2.75, 3.05) is 18.5 Å². The number of allylic oxidation sites excluding steroid dienone is 1. The van der Waals surface area contributed by atoms with E-state index < -0.39 is 0 Å². The summed E-state index contributed by atoms with van der Waals surface area (Å²) in [5, 5.41) is 3.17. The van der Waals surface area contributed by atoms with Crippen molar-refractivity contribution in [1.29, 1.82) is 0 Å². The third kappa shape index (κ3) is 4.44. The lowest BCUT2D eigenvalue weighted by Gasteiger charge is -2.05. The quantitative estimate of drug-likeness (QED) is 0.613. The minimum Gasteiger partial charge on any atom is -0.464 e. The second-order valence-electron chi connectivity index (χ2n) is 2.93. The van der Waals surface area contributed by atoms with E-state index in [1.165, 1.54) is 0 Å². The van der Waals surface area contributed by atoms with Crippen LogP contribution in [0.25, 0.3) is 0 Å². The largest absolute Gasteiger partial charge is 0.464 e. The lowest BCUT2D eigenvalue weighted by Crippen LogP contribution is -2.07. The van der Waals surface area contributed by atoms with Crippen LogP contribution in [0.5, 0.6) is 6.01 Å². The highest BCUT2D eigenvalue weighted by Gasteiger charge is 2.04. The van der Waals surface area contributed by atoms with Gasteiger partial charge >= 0.3 is 6.01 Å². The summed E-state index contributed by atoms with van der Waals surface area (Å²) in [7, 11) is 0. The number of anilines is 1. The van der Waals surface area contributed by atoms with Gasteiger partial charge in [-0.2, -0.15) is 15.0 Å². The van der Waals surface area contributed by atoms with Crippen molar-refractivity contribution in [3.05, 3.63) is 17.4 Å². The standard InChI is InChI=1S/C10H15ClN4O/c1-3-5-6-7-12-9-13-8(11)14-10(15-9)16-4-2/h3,5H,4,6-7H2,1-2H3,(H,12,13,14,15)/b5-3+. The molecule has 88 valence electrons. The van der Waals surface area contributed by atoms with Crippen molar-refractivity contribution in [1.82, 2.24) is 15.0 Å². The highest BCUT2D eigenvalue weighted by atomic mass is 35.5. The molecule has 0 radical (unpaired) electrons. The molecule has 0 saturated carbocycles. The zero-order chi connectivity index (χ0) is 11.8. The average molecular weight is 243 g/mol. The summed E-state index contributed by atoms with van der Waals surface area (Å²) in [6.45, 7) is 5.08. The second-order valence-corrected chi connectivity index (χ2v) is 3.27. The van der Waals surface area contributed by atoms with Gasteiger partial charge < -0.3 is 10.1 Å². The molecule has 0 bridgehead atoms. The van der Waals surface area contributed by atoms with Crippen LogP contribution in [0.4, 0.5) is 5.95 Å². The lowest BCUT2D eigenvalue weighted by molar-refractivity contribution is 0.312. The van der Waals surface area contributed by atoms with Crippen molar-refractivity contribution in [3.63, 3.8) is 0 Å². The van der Waals surface area contributed by atoms with E-state index >= 15 is 0 Å². The zero-order valence-corrected chi connectivity index (χ0v) is 10.2. The Hall–Kier alpha value is -1.36. The Morgan fingerprint density at radius 2 is 2.19 bits per heavy atom. The van der Waals surface area contributed by atoms with Crippen LogP contribution in [0, 0.1) is 0 Å². The van der Waals surface area contributed by atoms with Crippen LogP contribution >= 0.6 is 11.6 Å². The van der Waals surface area contributed by atoms with E-state index in [1.807, 2.05) is 19.9 Å². The summed E-state index contributed by atoms with van der Waals surface area (Å²) in [5.74, 6) is 0.438. The Kier molecular flexibility index (Phi) is 5.56. The number of nitrogens with one attached hydrogen (secondary N) is 1. The van der Waals surface area contributed by atoms with Crippen LogP contribution in [0.3, 0.4) is 0 Å². The number of halogens is 1.